The van der Waals surface area contributed by atoms with Gasteiger partial charge in [-0.05, 0) is 68.0 Å². The number of fused-ring (bicyclic) bond motifs is 2. The summed E-state index contributed by atoms with van der Waals surface area (Å²) in [6.07, 6.45) is 9.84. The number of hydrogen-bond donors (Lipinski definition) is 1. The van der Waals surface area contributed by atoms with Crippen molar-refractivity contribution in [1.29, 1.82) is 0 Å². The summed E-state index contributed by atoms with van der Waals surface area (Å²) in [6, 6.07) is 18.1. The molecule has 1 aliphatic heterocycles. The minimum absolute atomic E-state index is 0.0887. The molecule has 208 valence electrons. The Morgan fingerprint density at radius 2 is 1.80 bits per heavy atom. The predicted molar refractivity (Wildman–Crippen MR) is 155 cm³/mol. The number of imidazole rings is 1. The van der Waals surface area contributed by atoms with Gasteiger partial charge in [0.1, 0.15) is 5.69 Å². The number of ether oxygens (including phenoxy) is 2. The summed E-state index contributed by atoms with van der Waals surface area (Å²) in [5.74, 6) is 0.487. The van der Waals surface area contributed by atoms with Crippen molar-refractivity contribution in [3.63, 3.8) is 0 Å². The van der Waals surface area contributed by atoms with Crippen molar-refractivity contribution in [3.05, 3.63) is 90.0 Å². The minimum atomic E-state index is -0.307. The highest BCUT2D eigenvalue weighted by molar-refractivity contribution is 5.95. The molecule has 0 radical (unpaired) electrons. The molecular weight excluding hydrogens is 516 g/mol. The van der Waals surface area contributed by atoms with Crippen molar-refractivity contribution in [1.82, 2.24) is 29.9 Å². The number of carbonyl (C=O) groups is 1. The molecule has 1 amide bonds. The van der Waals surface area contributed by atoms with E-state index in [-0.39, 0.29) is 16.9 Å². The number of nitrogens with zero attached hydrogens (tertiary/aromatic N) is 5. The first-order valence-corrected chi connectivity index (χ1v) is 14.2. The smallest absolute Gasteiger partial charge is 0.251 e. The van der Waals surface area contributed by atoms with Gasteiger partial charge in [-0.1, -0.05) is 24.3 Å². The van der Waals surface area contributed by atoms with E-state index in [1.54, 1.807) is 13.3 Å². The third-order valence-electron chi connectivity index (χ3n) is 8.68. The standard InChI is InChI=1S/C32H32N6O3/c1-40-16-12-31(13-17-41-18-14-31)36-29(39)23-6-4-22(5-7-23)27-20-34-30-35-21-28(38(30)37-27)32(10-11-32)25-8-9-26-24(19-25)3-2-15-33-26/h2-9,15,19-21H,10-14,16-18H2,1H3,(H,36,39). The number of benzene rings is 2. The van der Waals surface area contributed by atoms with E-state index in [1.165, 1.54) is 5.56 Å². The SMILES string of the molecule is COCCC1(NC(=O)c2ccc(-c3cnc4ncc(C5(c6ccc7ncccc7c6)CC5)n4n3)cc2)CCOCC1. The average Bonchev–Trinajstić information content (AvgIpc) is 3.72. The number of pyridine rings is 1. The van der Waals surface area contributed by atoms with Gasteiger partial charge in [-0.2, -0.15) is 9.61 Å². The first-order valence-electron chi connectivity index (χ1n) is 14.2. The number of amides is 1. The Hall–Kier alpha value is -4.21. The molecule has 5 aromatic rings. The molecule has 41 heavy (non-hydrogen) atoms. The molecule has 4 heterocycles. The molecule has 2 fully saturated rings. The lowest BCUT2D eigenvalue weighted by molar-refractivity contribution is 0.0231. The van der Waals surface area contributed by atoms with Crippen LogP contribution in [-0.4, -0.2) is 62.9 Å². The van der Waals surface area contributed by atoms with E-state index in [4.69, 9.17) is 14.6 Å². The topological polar surface area (TPSA) is 104 Å². The van der Waals surface area contributed by atoms with Gasteiger partial charge in [-0.25, -0.2) is 9.97 Å². The summed E-state index contributed by atoms with van der Waals surface area (Å²) in [6.45, 7) is 1.87. The van der Waals surface area contributed by atoms with E-state index in [9.17, 15) is 4.79 Å². The normalized spacial score (nSPS) is 17.5. The highest BCUT2D eigenvalue weighted by Crippen LogP contribution is 2.53. The van der Waals surface area contributed by atoms with Crippen LogP contribution in [0.5, 0.6) is 0 Å². The van der Waals surface area contributed by atoms with E-state index in [1.807, 2.05) is 47.2 Å². The van der Waals surface area contributed by atoms with Crippen LogP contribution in [0.2, 0.25) is 0 Å². The molecule has 0 bridgehead atoms. The lowest BCUT2D eigenvalue weighted by Crippen LogP contribution is -2.52. The Labute approximate surface area is 237 Å². The number of hydrogen-bond acceptors (Lipinski definition) is 7. The highest BCUT2D eigenvalue weighted by atomic mass is 16.5. The fourth-order valence-corrected chi connectivity index (χ4v) is 6.03. The summed E-state index contributed by atoms with van der Waals surface area (Å²) < 4.78 is 12.7. The Bertz CT molecular complexity index is 1720. The lowest BCUT2D eigenvalue weighted by atomic mass is 9.86. The summed E-state index contributed by atoms with van der Waals surface area (Å²) >= 11 is 0. The quantitative estimate of drug-likeness (QED) is 0.299. The fourth-order valence-electron chi connectivity index (χ4n) is 6.03. The molecule has 1 N–H and O–H groups in total. The largest absolute Gasteiger partial charge is 0.385 e. The average molecular weight is 549 g/mol. The van der Waals surface area contributed by atoms with E-state index >= 15 is 0 Å². The van der Waals surface area contributed by atoms with Crippen molar-refractivity contribution in [2.75, 3.05) is 26.9 Å². The van der Waals surface area contributed by atoms with E-state index in [0.29, 0.717) is 31.2 Å². The molecule has 3 aromatic heterocycles. The third kappa shape index (κ3) is 4.75. The van der Waals surface area contributed by atoms with Gasteiger partial charge in [0.05, 0.1) is 23.6 Å². The van der Waals surface area contributed by atoms with Crippen LogP contribution in [0.1, 0.15) is 53.7 Å². The molecule has 1 aliphatic carbocycles. The summed E-state index contributed by atoms with van der Waals surface area (Å²) in [5.41, 5.74) is 5.05. The molecule has 1 saturated heterocycles. The minimum Gasteiger partial charge on any atom is -0.385 e. The van der Waals surface area contributed by atoms with Crippen LogP contribution in [0.25, 0.3) is 27.9 Å². The van der Waals surface area contributed by atoms with Gasteiger partial charge in [0.2, 0.25) is 0 Å². The Morgan fingerprint density at radius 1 is 1.00 bits per heavy atom. The number of rotatable bonds is 8. The number of nitrogens with one attached hydrogen (secondary N) is 1. The van der Waals surface area contributed by atoms with Gasteiger partial charge in [0.15, 0.2) is 0 Å². The Balaban J connectivity index is 1.15. The number of methoxy groups -OCH3 is 1. The molecule has 0 spiro atoms. The van der Waals surface area contributed by atoms with Crippen LogP contribution < -0.4 is 5.32 Å². The highest BCUT2D eigenvalue weighted by Gasteiger charge is 2.48. The van der Waals surface area contributed by atoms with Crippen LogP contribution in [-0.2, 0) is 14.9 Å². The molecule has 2 aliphatic rings. The summed E-state index contributed by atoms with van der Waals surface area (Å²) in [4.78, 5) is 26.9. The monoisotopic (exact) mass is 548 g/mol. The fraction of sp³-hybridized carbons (Fsp3) is 0.344. The van der Waals surface area contributed by atoms with Crippen LogP contribution in [0.3, 0.4) is 0 Å². The van der Waals surface area contributed by atoms with Crippen LogP contribution in [0.4, 0.5) is 0 Å². The van der Waals surface area contributed by atoms with Crippen LogP contribution in [0, 0.1) is 0 Å². The van der Waals surface area contributed by atoms with Gasteiger partial charge in [-0.15, -0.1) is 0 Å². The van der Waals surface area contributed by atoms with E-state index in [2.05, 4.69) is 44.5 Å². The zero-order valence-electron chi connectivity index (χ0n) is 23.0. The molecule has 0 atom stereocenters. The number of aromatic nitrogens is 5. The van der Waals surface area contributed by atoms with Crippen LogP contribution in [0.15, 0.2) is 73.2 Å². The predicted octanol–water partition coefficient (Wildman–Crippen LogP) is 4.73. The summed E-state index contributed by atoms with van der Waals surface area (Å²) in [7, 11) is 1.69. The van der Waals surface area contributed by atoms with E-state index in [0.717, 1.165) is 60.0 Å². The van der Waals surface area contributed by atoms with Crippen molar-refractivity contribution in [3.8, 4) is 11.3 Å². The third-order valence-corrected chi connectivity index (χ3v) is 8.68. The lowest BCUT2D eigenvalue weighted by Gasteiger charge is -2.38. The maximum absolute atomic E-state index is 13.2. The van der Waals surface area contributed by atoms with Gasteiger partial charge in [0.25, 0.3) is 11.7 Å². The molecular formula is C32H32N6O3. The molecule has 2 aromatic carbocycles. The van der Waals surface area contributed by atoms with Crippen molar-refractivity contribution >= 4 is 22.6 Å². The van der Waals surface area contributed by atoms with Crippen molar-refractivity contribution < 1.29 is 14.3 Å². The maximum Gasteiger partial charge on any atom is 0.251 e. The van der Waals surface area contributed by atoms with Crippen molar-refractivity contribution in [2.24, 2.45) is 0 Å². The van der Waals surface area contributed by atoms with Crippen molar-refractivity contribution in [2.45, 2.75) is 43.1 Å². The second-order valence-corrected chi connectivity index (χ2v) is 11.2. The molecule has 7 rings (SSSR count). The van der Waals surface area contributed by atoms with Gasteiger partial charge < -0.3 is 14.8 Å². The van der Waals surface area contributed by atoms with Gasteiger partial charge >= 0.3 is 0 Å². The zero-order valence-corrected chi connectivity index (χ0v) is 23.0. The molecule has 9 nitrogen and oxygen atoms in total. The Morgan fingerprint density at radius 3 is 2.59 bits per heavy atom. The second kappa shape index (κ2) is 10.3. The number of carbonyl (C=O) groups excluding carboxylic acids is 1. The Kier molecular flexibility index (Phi) is 6.48. The van der Waals surface area contributed by atoms with Gasteiger partial charge in [-0.3, -0.25) is 9.78 Å². The van der Waals surface area contributed by atoms with E-state index < -0.39 is 0 Å². The van der Waals surface area contributed by atoms with Gasteiger partial charge in [0, 0.05) is 60.6 Å². The molecule has 0 unspecified atom stereocenters. The molecule has 1 saturated carbocycles. The molecule has 9 heteroatoms. The second-order valence-electron chi connectivity index (χ2n) is 11.2. The van der Waals surface area contributed by atoms with Crippen LogP contribution >= 0.6 is 0 Å². The first-order chi connectivity index (χ1) is 20.1. The summed E-state index contributed by atoms with van der Waals surface area (Å²) in [5, 5.41) is 9.37. The first kappa shape index (κ1) is 25.7. The maximum atomic E-state index is 13.2. The zero-order chi connectivity index (χ0) is 27.9.